The maximum absolute atomic E-state index is 13.1. The monoisotopic (exact) mass is 423 g/mol. The van der Waals surface area contributed by atoms with Gasteiger partial charge in [0.05, 0.1) is 0 Å². The second-order valence-electron chi connectivity index (χ2n) is 7.49. The molecule has 3 N–H and O–H groups in total. The molecule has 0 aromatic heterocycles. The molecule has 160 valence electrons. The van der Waals surface area contributed by atoms with E-state index in [9.17, 15) is 14.4 Å². The minimum atomic E-state index is -0.662. The fraction of sp³-hybridized carbons (Fsp3) is 0.550. The lowest BCUT2D eigenvalue weighted by atomic mass is 10.0. The Morgan fingerprint density at radius 2 is 1.83 bits per heavy atom. The Hall–Kier alpha value is -2.48. The maximum Gasteiger partial charge on any atom is 0.319 e. The van der Waals surface area contributed by atoms with E-state index in [-0.39, 0.29) is 23.9 Å². The normalized spacial score (nSPS) is 17.7. The third-order valence-corrected chi connectivity index (χ3v) is 5.10. The summed E-state index contributed by atoms with van der Waals surface area (Å²) in [5.41, 5.74) is 0.589. The van der Waals surface area contributed by atoms with Crippen LogP contribution in [0.1, 0.15) is 27.7 Å². The van der Waals surface area contributed by atoms with E-state index in [4.69, 9.17) is 11.6 Å². The molecule has 0 bridgehead atoms. The van der Waals surface area contributed by atoms with E-state index in [2.05, 4.69) is 16.0 Å². The molecule has 0 radical (unpaired) electrons. The van der Waals surface area contributed by atoms with Crippen LogP contribution in [0.5, 0.6) is 0 Å². The molecule has 0 aliphatic carbocycles. The van der Waals surface area contributed by atoms with Crippen LogP contribution in [-0.2, 0) is 4.79 Å². The number of piperazine rings is 1. The third-order valence-electron chi connectivity index (χ3n) is 4.85. The fourth-order valence-electron chi connectivity index (χ4n) is 3.26. The van der Waals surface area contributed by atoms with Crippen LogP contribution in [0, 0.1) is 5.92 Å². The van der Waals surface area contributed by atoms with Gasteiger partial charge in [-0.1, -0.05) is 25.4 Å². The van der Waals surface area contributed by atoms with Crippen molar-refractivity contribution in [3.63, 3.8) is 0 Å². The number of carbonyl (C=O) groups is 3. The Morgan fingerprint density at radius 3 is 2.38 bits per heavy atom. The highest BCUT2D eigenvalue weighted by molar-refractivity contribution is 6.30. The highest BCUT2D eigenvalue weighted by Gasteiger charge is 2.34. The molecule has 1 saturated heterocycles. The van der Waals surface area contributed by atoms with Crippen molar-refractivity contribution >= 4 is 35.3 Å². The molecule has 1 aliphatic heterocycles. The molecule has 0 spiro atoms. The van der Waals surface area contributed by atoms with Gasteiger partial charge in [0.25, 0.3) is 0 Å². The first-order valence-electron chi connectivity index (χ1n) is 9.89. The Morgan fingerprint density at radius 1 is 1.17 bits per heavy atom. The summed E-state index contributed by atoms with van der Waals surface area (Å²) < 4.78 is 0. The molecule has 8 nitrogen and oxygen atoms in total. The predicted octanol–water partition coefficient (Wildman–Crippen LogP) is 2.75. The molecule has 0 saturated carbocycles. The summed E-state index contributed by atoms with van der Waals surface area (Å²) in [6, 6.07) is 5.41. The van der Waals surface area contributed by atoms with Crippen LogP contribution in [0.3, 0.4) is 0 Å². The van der Waals surface area contributed by atoms with Crippen LogP contribution >= 0.6 is 11.6 Å². The number of nitrogens with one attached hydrogen (secondary N) is 3. The summed E-state index contributed by atoms with van der Waals surface area (Å²) >= 11 is 5.85. The van der Waals surface area contributed by atoms with E-state index in [1.165, 1.54) is 0 Å². The van der Waals surface area contributed by atoms with Gasteiger partial charge in [0.1, 0.15) is 6.04 Å². The SMILES string of the molecule is CCNC(=O)N1CCN(C(=O)C(NC(=O)Nc2ccc(Cl)cc2)C(C)C)CC1C. The van der Waals surface area contributed by atoms with Gasteiger partial charge < -0.3 is 25.8 Å². The summed E-state index contributed by atoms with van der Waals surface area (Å²) in [4.78, 5) is 41.0. The first-order valence-corrected chi connectivity index (χ1v) is 10.3. The molecule has 2 atom stereocenters. The van der Waals surface area contributed by atoms with Gasteiger partial charge in [-0.2, -0.15) is 0 Å². The van der Waals surface area contributed by atoms with Crippen molar-refractivity contribution in [2.75, 3.05) is 31.5 Å². The zero-order valence-electron chi connectivity index (χ0n) is 17.4. The van der Waals surface area contributed by atoms with Crippen LogP contribution < -0.4 is 16.0 Å². The molecule has 1 heterocycles. The molecule has 29 heavy (non-hydrogen) atoms. The van der Waals surface area contributed by atoms with E-state index in [0.717, 1.165) is 0 Å². The molecular formula is C20H30ClN5O3. The Balaban J connectivity index is 1.97. The van der Waals surface area contributed by atoms with Crippen LogP contribution in [0.2, 0.25) is 5.02 Å². The van der Waals surface area contributed by atoms with E-state index in [1.807, 2.05) is 27.7 Å². The number of amides is 5. The van der Waals surface area contributed by atoms with E-state index in [1.54, 1.807) is 34.1 Å². The lowest BCUT2D eigenvalue weighted by Gasteiger charge is -2.41. The van der Waals surface area contributed by atoms with Gasteiger partial charge in [0, 0.05) is 42.9 Å². The van der Waals surface area contributed by atoms with Crippen molar-refractivity contribution in [3.05, 3.63) is 29.3 Å². The fourth-order valence-corrected chi connectivity index (χ4v) is 3.39. The zero-order valence-corrected chi connectivity index (χ0v) is 18.1. The Labute approximate surface area is 176 Å². The number of urea groups is 2. The van der Waals surface area contributed by atoms with Gasteiger partial charge in [0.15, 0.2) is 0 Å². The van der Waals surface area contributed by atoms with Gasteiger partial charge in [-0.05, 0) is 44.0 Å². The molecule has 2 unspecified atom stereocenters. The van der Waals surface area contributed by atoms with Crippen LogP contribution in [0.4, 0.5) is 15.3 Å². The zero-order chi connectivity index (χ0) is 21.6. The number of halogens is 1. The lowest BCUT2D eigenvalue weighted by molar-refractivity contribution is -0.136. The summed E-state index contributed by atoms with van der Waals surface area (Å²) in [5.74, 6) is -0.233. The van der Waals surface area contributed by atoms with Crippen molar-refractivity contribution < 1.29 is 14.4 Å². The number of nitrogens with zero attached hydrogens (tertiary/aromatic N) is 2. The molecule has 5 amide bonds. The summed E-state index contributed by atoms with van der Waals surface area (Å²) in [6.07, 6.45) is 0. The van der Waals surface area contributed by atoms with Crippen LogP contribution in [-0.4, -0.2) is 66.0 Å². The van der Waals surface area contributed by atoms with Gasteiger partial charge in [-0.3, -0.25) is 4.79 Å². The van der Waals surface area contributed by atoms with Gasteiger partial charge in [-0.15, -0.1) is 0 Å². The minimum absolute atomic E-state index is 0.0878. The second kappa shape index (κ2) is 10.3. The second-order valence-corrected chi connectivity index (χ2v) is 7.93. The predicted molar refractivity (Wildman–Crippen MR) is 114 cm³/mol. The van der Waals surface area contributed by atoms with E-state index >= 15 is 0 Å². The van der Waals surface area contributed by atoms with Crippen LogP contribution in [0.25, 0.3) is 0 Å². The van der Waals surface area contributed by atoms with E-state index in [0.29, 0.717) is 36.9 Å². The smallest absolute Gasteiger partial charge is 0.319 e. The highest BCUT2D eigenvalue weighted by Crippen LogP contribution is 2.15. The summed E-state index contributed by atoms with van der Waals surface area (Å²) in [7, 11) is 0. The maximum atomic E-state index is 13.1. The number of hydrogen-bond donors (Lipinski definition) is 3. The molecule has 2 rings (SSSR count). The number of anilines is 1. The standard InChI is InChI=1S/C20H30ClN5O3/c1-5-22-20(29)26-11-10-25(12-14(26)4)18(27)17(13(2)3)24-19(28)23-16-8-6-15(21)7-9-16/h6-9,13-14,17H,5,10-12H2,1-4H3,(H,22,29)(H2,23,24,28). The van der Waals surface area contributed by atoms with Crippen molar-refractivity contribution in [1.82, 2.24) is 20.4 Å². The average molecular weight is 424 g/mol. The number of carbonyl (C=O) groups excluding carboxylic acids is 3. The highest BCUT2D eigenvalue weighted by atomic mass is 35.5. The third kappa shape index (κ3) is 6.25. The van der Waals surface area contributed by atoms with Gasteiger partial charge >= 0.3 is 12.1 Å². The van der Waals surface area contributed by atoms with Crippen molar-refractivity contribution in [1.29, 1.82) is 0 Å². The van der Waals surface area contributed by atoms with Crippen molar-refractivity contribution in [2.24, 2.45) is 5.92 Å². The number of benzene rings is 1. The number of hydrogen-bond acceptors (Lipinski definition) is 3. The molecule has 1 fully saturated rings. The van der Waals surface area contributed by atoms with Gasteiger partial charge in [-0.25, -0.2) is 9.59 Å². The lowest BCUT2D eigenvalue weighted by Crippen LogP contribution is -2.61. The first kappa shape index (κ1) is 22.8. The average Bonchev–Trinajstić information content (AvgIpc) is 2.67. The van der Waals surface area contributed by atoms with Crippen molar-refractivity contribution in [3.8, 4) is 0 Å². The Bertz CT molecular complexity index is 725. The van der Waals surface area contributed by atoms with Crippen LogP contribution in [0.15, 0.2) is 24.3 Å². The van der Waals surface area contributed by atoms with Crippen molar-refractivity contribution in [2.45, 2.75) is 39.8 Å². The number of rotatable bonds is 5. The quantitative estimate of drug-likeness (QED) is 0.679. The molecule has 9 heteroatoms. The topological polar surface area (TPSA) is 93.8 Å². The van der Waals surface area contributed by atoms with Gasteiger partial charge in [0.2, 0.25) is 5.91 Å². The summed E-state index contributed by atoms with van der Waals surface area (Å²) in [5, 5.41) is 8.86. The minimum Gasteiger partial charge on any atom is -0.338 e. The summed E-state index contributed by atoms with van der Waals surface area (Å²) in [6.45, 7) is 9.45. The molecule has 1 aliphatic rings. The first-order chi connectivity index (χ1) is 13.7. The molecule has 1 aromatic rings. The Kier molecular flexibility index (Phi) is 8.13. The van der Waals surface area contributed by atoms with E-state index < -0.39 is 12.1 Å². The molecule has 1 aromatic carbocycles. The molecular weight excluding hydrogens is 394 g/mol. The largest absolute Gasteiger partial charge is 0.338 e.